The number of hydrogen-bond donors (Lipinski definition) is 0. The number of non-ortho nitro benzene ring substituents is 1. The number of nitrogens with zero attached hydrogens (tertiary/aromatic N) is 3. The van der Waals surface area contributed by atoms with Crippen molar-refractivity contribution in [2.45, 2.75) is 13.8 Å². The fraction of sp³-hybridized carbons (Fsp3) is 0.105. The Morgan fingerprint density at radius 1 is 1.12 bits per heavy atom. The molecule has 0 saturated carbocycles. The highest BCUT2D eigenvalue weighted by Gasteiger charge is 2.13. The molecule has 0 saturated heterocycles. The topological polar surface area (TPSA) is 60.4 Å². The van der Waals surface area contributed by atoms with E-state index >= 15 is 0 Å². The van der Waals surface area contributed by atoms with Crippen LogP contribution >= 0.6 is 23.2 Å². The Balaban J connectivity index is 2.01. The summed E-state index contributed by atoms with van der Waals surface area (Å²) < 4.78 is 1.95. The summed E-state index contributed by atoms with van der Waals surface area (Å²) in [6.45, 7) is 3.88. The van der Waals surface area contributed by atoms with E-state index in [4.69, 9.17) is 23.2 Å². The maximum absolute atomic E-state index is 11.0. The van der Waals surface area contributed by atoms with Gasteiger partial charge in [-0.2, -0.15) is 0 Å². The van der Waals surface area contributed by atoms with E-state index < -0.39 is 4.92 Å². The molecule has 1 aromatic heterocycles. The van der Waals surface area contributed by atoms with Gasteiger partial charge >= 0.3 is 0 Å². The number of aryl methyl sites for hydroxylation is 1. The van der Waals surface area contributed by atoms with Gasteiger partial charge in [-0.1, -0.05) is 35.3 Å². The highest BCUT2D eigenvalue weighted by molar-refractivity contribution is 6.43. The van der Waals surface area contributed by atoms with E-state index in [2.05, 4.69) is 4.99 Å². The lowest BCUT2D eigenvalue weighted by molar-refractivity contribution is -0.384. The van der Waals surface area contributed by atoms with Crippen LogP contribution in [0.25, 0.3) is 5.69 Å². The molecular weight excluding hydrogens is 373 g/mol. The second kappa shape index (κ2) is 7.32. The Kier molecular flexibility index (Phi) is 5.11. The Morgan fingerprint density at radius 2 is 1.85 bits per heavy atom. The second-order valence-corrected chi connectivity index (χ2v) is 6.56. The predicted octanol–water partition coefficient (Wildman–Crippen LogP) is 6.06. The first-order chi connectivity index (χ1) is 12.4. The van der Waals surface area contributed by atoms with Crippen molar-refractivity contribution in [3.63, 3.8) is 0 Å². The molecule has 0 N–H and O–H groups in total. The smallest absolute Gasteiger partial charge is 0.271 e. The van der Waals surface area contributed by atoms with Crippen LogP contribution in [0.4, 0.5) is 11.4 Å². The Morgan fingerprint density at radius 3 is 2.58 bits per heavy atom. The summed E-state index contributed by atoms with van der Waals surface area (Å²) in [4.78, 5) is 15.1. The SMILES string of the molecule is Cc1cc(C=Nc2cccc(Cl)c2Cl)c(C)n1-c1cccc([N+](=O)[O-])c1. The van der Waals surface area contributed by atoms with Gasteiger partial charge in [0.25, 0.3) is 5.69 Å². The molecule has 26 heavy (non-hydrogen) atoms. The molecule has 0 radical (unpaired) electrons. The average Bonchev–Trinajstić information content (AvgIpc) is 2.90. The van der Waals surface area contributed by atoms with E-state index in [1.165, 1.54) is 6.07 Å². The van der Waals surface area contributed by atoms with Gasteiger partial charge in [0.1, 0.15) is 0 Å². The zero-order chi connectivity index (χ0) is 18.8. The van der Waals surface area contributed by atoms with Crippen LogP contribution in [-0.4, -0.2) is 15.7 Å². The minimum Gasteiger partial charge on any atom is -0.318 e. The standard InChI is InChI=1S/C19H15Cl2N3O2/c1-12-9-14(11-22-18-8-4-7-17(20)19(18)21)13(2)23(12)15-5-3-6-16(10-15)24(25)26/h3-11H,1-2H3. The molecule has 0 aliphatic carbocycles. The van der Waals surface area contributed by atoms with Gasteiger partial charge in [0.15, 0.2) is 0 Å². The summed E-state index contributed by atoms with van der Waals surface area (Å²) >= 11 is 12.2. The van der Waals surface area contributed by atoms with E-state index in [1.807, 2.05) is 30.5 Å². The highest BCUT2D eigenvalue weighted by Crippen LogP contribution is 2.32. The number of rotatable bonds is 4. The van der Waals surface area contributed by atoms with Crippen LogP contribution in [0, 0.1) is 24.0 Å². The summed E-state index contributed by atoms with van der Waals surface area (Å²) in [6, 6.07) is 13.8. The molecule has 3 aromatic rings. The lowest BCUT2D eigenvalue weighted by Crippen LogP contribution is -2.00. The maximum Gasteiger partial charge on any atom is 0.271 e. The zero-order valence-electron chi connectivity index (χ0n) is 14.1. The Labute approximate surface area is 160 Å². The fourth-order valence-electron chi connectivity index (χ4n) is 2.79. The summed E-state index contributed by atoms with van der Waals surface area (Å²) in [6.07, 6.45) is 1.72. The third-order valence-electron chi connectivity index (χ3n) is 4.04. The van der Waals surface area contributed by atoms with Gasteiger partial charge in [-0.25, -0.2) is 0 Å². The number of aromatic nitrogens is 1. The molecule has 5 nitrogen and oxygen atoms in total. The monoisotopic (exact) mass is 387 g/mol. The number of nitro groups is 1. The van der Waals surface area contributed by atoms with Gasteiger partial charge in [0, 0.05) is 35.3 Å². The Bertz CT molecular complexity index is 1030. The van der Waals surface area contributed by atoms with Gasteiger partial charge in [0.2, 0.25) is 0 Å². The molecule has 3 rings (SSSR count). The lowest BCUT2D eigenvalue weighted by Gasteiger charge is -2.09. The minimum absolute atomic E-state index is 0.0518. The van der Waals surface area contributed by atoms with Crippen LogP contribution in [-0.2, 0) is 0 Å². The fourth-order valence-corrected chi connectivity index (χ4v) is 3.14. The third-order valence-corrected chi connectivity index (χ3v) is 4.85. The van der Waals surface area contributed by atoms with Crippen molar-refractivity contribution in [1.82, 2.24) is 4.57 Å². The quantitative estimate of drug-likeness (QED) is 0.310. The third kappa shape index (κ3) is 3.49. The van der Waals surface area contributed by atoms with Gasteiger partial charge in [0.05, 0.1) is 26.3 Å². The molecule has 132 valence electrons. The number of nitro benzene ring substituents is 1. The number of benzene rings is 2. The van der Waals surface area contributed by atoms with E-state index in [9.17, 15) is 10.1 Å². The molecule has 0 aliphatic heterocycles. The van der Waals surface area contributed by atoms with Crippen molar-refractivity contribution in [1.29, 1.82) is 0 Å². The molecule has 0 unspecified atom stereocenters. The minimum atomic E-state index is -0.402. The summed E-state index contributed by atoms with van der Waals surface area (Å²) in [5, 5.41) is 11.9. The molecule has 0 atom stereocenters. The van der Waals surface area contributed by atoms with Crippen molar-refractivity contribution in [3.8, 4) is 5.69 Å². The zero-order valence-corrected chi connectivity index (χ0v) is 15.6. The van der Waals surface area contributed by atoms with Crippen molar-refractivity contribution in [2.24, 2.45) is 4.99 Å². The molecule has 0 aliphatic rings. The van der Waals surface area contributed by atoms with Crippen LogP contribution in [0.2, 0.25) is 10.0 Å². The largest absolute Gasteiger partial charge is 0.318 e. The van der Waals surface area contributed by atoms with Gasteiger partial charge < -0.3 is 4.57 Å². The molecule has 0 bridgehead atoms. The first-order valence-corrected chi connectivity index (χ1v) is 8.56. The van der Waals surface area contributed by atoms with Crippen LogP contribution in [0.1, 0.15) is 17.0 Å². The summed E-state index contributed by atoms with van der Waals surface area (Å²) in [5.74, 6) is 0. The Hall–Kier alpha value is -2.63. The molecule has 0 amide bonds. The molecule has 7 heteroatoms. The van der Waals surface area contributed by atoms with Crippen molar-refractivity contribution in [2.75, 3.05) is 0 Å². The van der Waals surface area contributed by atoms with Crippen LogP contribution in [0.5, 0.6) is 0 Å². The van der Waals surface area contributed by atoms with Crippen molar-refractivity contribution in [3.05, 3.63) is 85.6 Å². The van der Waals surface area contributed by atoms with Crippen LogP contribution in [0.15, 0.2) is 53.5 Å². The summed E-state index contributed by atoms with van der Waals surface area (Å²) in [7, 11) is 0. The molecule has 0 spiro atoms. The average molecular weight is 388 g/mol. The highest BCUT2D eigenvalue weighted by atomic mass is 35.5. The molecule has 0 fully saturated rings. The number of aliphatic imine (C=N–C) groups is 1. The molecular formula is C19H15Cl2N3O2. The van der Waals surface area contributed by atoms with E-state index in [0.717, 1.165) is 22.6 Å². The molecule has 1 heterocycles. The number of halogens is 2. The predicted molar refractivity (Wildman–Crippen MR) is 106 cm³/mol. The number of hydrogen-bond acceptors (Lipinski definition) is 3. The van der Waals surface area contributed by atoms with Crippen LogP contribution in [0.3, 0.4) is 0 Å². The van der Waals surface area contributed by atoms with Gasteiger partial charge in [-0.05, 0) is 38.1 Å². The van der Waals surface area contributed by atoms with Crippen molar-refractivity contribution < 1.29 is 4.92 Å². The van der Waals surface area contributed by atoms with Crippen LogP contribution < -0.4 is 0 Å². The van der Waals surface area contributed by atoms with Gasteiger partial charge in [-0.15, -0.1) is 0 Å². The summed E-state index contributed by atoms with van der Waals surface area (Å²) in [5.41, 5.74) is 4.13. The van der Waals surface area contributed by atoms with E-state index in [-0.39, 0.29) is 5.69 Å². The normalized spacial score (nSPS) is 11.2. The lowest BCUT2D eigenvalue weighted by atomic mass is 10.2. The van der Waals surface area contributed by atoms with E-state index in [0.29, 0.717) is 15.7 Å². The first kappa shape index (κ1) is 18.2. The molecule has 2 aromatic carbocycles. The van der Waals surface area contributed by atoms with Crippen molar-refractivity contribution >= 4 is 40.8 Å². The van der Waals surface area contributed by atoms with Gasteiger partial charge in [-0.3, -0.25) is 15.1 Å². The van der Waals surface area contributed by atoms with E-state index in [1.54, 1.807) is 36.5 Å². The maximum atomic E-state index is 11.0. The first-order valence-electron chi connectivity index (χ1n) is 7.80. The second-order valence-electron chi connectivity index (χ2n) is 5.77.